The summed E-state index contributed by atoms with van der Waals surface area (Å²) in [6.45, 7) is 3.92. The third-order valence-electron chi connectivity index (χ3n) is 2.35. The molecule has 0 aromatic carbocycles. The first-order chi connectivity index (χ1) is 7.81. The summed E-state index contributed by atoms with van der Waals surface area (Å²) < 4.78 is 7.00. The molecule has 0 saturated heterocycles. The van der Waals surface area contributed by atoms with Crippen molar-refractivity contribution in [1.82, 2.24) is 20.3 Å². The first-order valence-electron chi connectivity index (χ1n) is 5.44. The molecule has 0 aliphatic rings. The highest BCUT2D eigenvalue weighted by Crippen LogP contribution is 2.22. The second kappa shape index (κ2) is 4.94. The molecule has 16 heavy (non-hydrogen) atoms. The van der Waals surface area contributed by atoms with Crippen molar-refractivity contribution in [2.24, 2.45) is 7.05 Å². The van der Waals surface area contributed by atoms with Crippen LogP contribution in [0.1, 0.15) is 18.9 Å². The van der Waals surface area contributed by atoms with E-state index < -0.39 is 0 Å². The lowest BCUT2D eigenvalue weighted by Gasteiger charge is -2.00. The summed E-state index contributed by atoms with van der Waals surface area (Å²) in [7, 11) is 1.88. The summed E-state index contributed by atoms with van der Waals surface area (Å²) in [4.78, 5) is 0. The summed E-state index contributed by atoms with van der Waals surface area (Å²) >= 11 is 0. The van der Waals surface area contributed by atoms with E-state index in [0.717, 1.165) is 36.4 Å². The predicted molar refractivity (Wildman–Crippen MR) is 60.7 cm³/mol. The van der Waals surface area contributed by atoms with E-state index in [1.165, 1.54) is 0 Å². The Morgan fingerprint density at radius 3 is 3.00 bits per heavy atom. The Morgan fingerprint density at radius 1 is 1.44 bits per heavy atom. The average Bonchev–Trinajstić information content (AvgIpc) is 2.87. The van der Waals surface area contributed by atoms with Gasteiger partial charge in [0.1, 0.15) is 0 Å². The highest BCUT2D eigenvalue weighted by Gasteiger charge is 2.11. The molecule has 0 radical (unpaired) electrons. The van der Waals surface area contributed by atoms with Crippen LogP contribution in [0, 0.1) is 0 Å². The van der Waals surface area contributed by atoms with Gasteiger partial charge in [0.2, 0.25) is 0 Å². The van der Waals surface area contributed by atoms with E-state index in [0.29, 0.717) is 0 Å². The molecule has 0 aliphatic carbocycles. The molecule has 0 bridgehead atoms. The van der Waals surface area contributed by atoms with Crippen molar-refractivity contribution >= 4 is 0 Å². The Kier molecular flexibility index (Phi) is 3.36. The van der Waals surface area contributed by atoms with E-state index in [-0.39, 0.29) is 0 Å². The van der Waals surface area contributed by atoms with Gasteiger partial charge in [-0.1, -0.05) is 12.1 Å². The molecule has 86 valence electrons. The highest BCUT2D eigenvalue weighted by atomic mass is 16.5. The molecule has 2 aromatic rings. The second-order valence-corrected chi connectivity index (χ2v) is 3.76. The van der Waals surface area contributed by atoms with Crippen LogP contribution in [0.4, 0.5) is 0 Å². The minimum Gasteiger partial charge on any atom is -0.356 e. The van der Waals surface area contributed by atoms with Gasteiger partial charge in [-0.2, -0.15) is 5.10 Å². The lowest BCUT2D eigenvalue weighted by atomic mass is 10.2. The van der Waals surface area contributed by atoms with Crippen LogP contribution < -0.4 is 5.32 Å². The molecule has 0 saturated carbocycles. The van der Waals surface area contributed by atoms with Gasteiger partial charge in [0.15, 0.2) is 5.76 Å². The minimum atomic E-state index is 0.779. The zero-order valence-electron chi connectivity index (χ0n) is 9.60. The number of nitrogens with one attached hydrogen (secondary N) is 1. The van der Waals surface area contributed by atoms with Crippen molar-refractivity contribution in [2.45, 2.75) is 19.9 Å². The Morgan fingerprint density at radius 2 is 2.31 bits per heavy atom. The Labute approximate surface area is 94.4 Å². The van der Waals surface area contributed by atoms with Crippen LogP contribution in [-0.4, -0.2) is 21.5 Å². The van der Waals surface area contributed by atoms with Gasteiger partial charge in [-0.3, -0.25) is 4.68 Å². The molecule has 1 N–H and O–H groups in total. The van der Waals surface area contributed by atoms with E-state index in [4.69, 9.17) is 4.52 Å². The van der Waals surface area contributed by atoms with Crippen LogP contribution in [-0.2, 0) is 13.6 Å². The maximum atomic E-state index is 5.25. The standard InChI is InChI=1S/C11H16N4O/c1-3-4-12-5-9-7-14-16-11(9)10-6-13-15(2)8-10/h6-8,12H,3-5H2,1-2H3. The fourth-order valence-electron chi connectivity index (χ4n) is 1.56. The molecule has 0 unspecified atom stereocenters. The molecule has 0 amide bonds. The van der Waals surface area contributed by atoms with E-state index in [1.807, 2.05) is 13.2 Å². The Bertz CT molecular complexity index is 446. The number of rotatable bonds is 5. The molecule has 0 fully saturated rings. The monoisotopic (exact) mass is 220 g/mol. The third kappa shape index (κ3) is 2.30. The van der Waals surface area contributed by atoms with Gasteiger partial charge in [0.25, 0.3) is 0 Å². The van der Waals surface area contributed by atoms with Crippen molar-refractivity contribution in [2.75, 3.05) is 6.54 Å². The average molecular weight is 220 g/mol. The summed E-state index contributed by atoms with van der Waals surface area (Å²) in [6, 6.07) is 0. The largest absolute Gasteiger partial charge is 0.356 e. The highest BCUT2D eigenvalue weighted by molar-refractivity contribution is 5.58. The van der Waals surface area contributed by atoms with Gasteiger partial charge in [0.05, 0.1) is 18.0 Å². The van der Waals surface area contributed by atoms with Crippen LogP contribution in [0.3, 0.4) is 0 Å². The van der Waals surface area contributed by atoms with E-state index >= 15 is 0 Å². The molecule has 0 aliphatic heterocycles. The van der Waals surface area contributed by atoms with Crippen molar-refractivity contribution in [1.29, 1.82) is 0 Å². The van der Waals surface area contributed by atoms with Gasteiger partial charge in [0, 0.05) is 25.4 Å². The Balaban J connectivity index is 2.12. The molecule has 2 heterocycles. The molecule has 2 aromatic heterocycles. The van der Waals surface area contributed by atoms with Gasteiger partial charge in [-0.15, -0.1) is 0 Å². The predicted octanol–water partition coefficient (Wildman–Crippen LogP) is 1.57. The summed E-state index contributed by atoms with van der Waals surface area (Å²) in [5.74, 6) is 0.803. The SMILES string of the molecule is CCCNCc1cnoc1-c1cnn(C)c1. The third-order valence-corrected chi connectivity index (χ3v) is 2.35. The fraction of sp³-hybridized carbons (Fsp3) is 0.455. The Hall–Kier alpha value is -1.62. The van der Waals surface area contributed by atoms with Crippen molar-refractivity contribution in [3.63, 3.8) is 0 Å². The van der Waals surface area contributed by atoms with E-state index in [2.05, 4.69) is 22.5 Å². The van der Waals surface area contributed by atoms with Gasteiger partial charge in [-0.25, -0.2) is 0 Å². The smallest absolute Gasteiger partial charge is 0.174 e. The van der Waals surface area contributed by atoms with E-state index in [1.54, 1.807) is 17.1 Å². The van der Waals surface area contributed by atoms with Crippen LogP contribution in [0.15, 0.2) is 23.1 Å². The number of hydrogen-bond donors (Lipinski definition) is 1. The summed E-state index contributed by atoms with van der Waals surface area (Å²) in [5, 5.41) is 11.3. The zero-order valence-corrected chi connectivity index (χ0v) is 9.60. The van der Waals surface area contributed by atoms with E-state index in [9.17, 15) is 0 Å². The summed E-state index contributed by atoms with van der Waals surface area (Å²) in [6.07, 6.45) is 6.58. The first-order valence-corrected chi connectivity index (χ1v) is 5.44. The maximum absolute atomic E-state index is 5.25. The lowest BCUT2D eigenvalue weighted by molar-refractivity contribution is 0.431. The normalized spacial score (nSPS) is 10.9. The molecular weight excluding hydrogens is 204 g/mol. The number of aryl methyl sites for hydroxylation is 1. The molecule has 0 spiro atoms. The topological polar surface area (TPSA) is 55.9 Å². The maximum Gasteiger partial charge on any atom is 0.174 e. The van der Waals surface area contributed by atoms with Crippen LogP contribution in [0.25, 0.3) is 11.3 Å². The van der Waals surface area contributed by atoms with Crippen molar-refractivity contribution < 1.29 is 4.52 Å². The molecule has 0 atom stereocenters. The van der Waals surface area contributed by atoms with Gasteiger partial charge in [-0.05, 0) is 13.0 Å². The summed E-state index contributed by atoms with van der Waals surface area (Å²) in [5.41, 5.74) is 2.04. The van der Waals surface area contributed by atoms with Crippen molar-refractivity contribution in [3.8, 4) is 11.3 Å². The van der Waals surface area contributed by atoms with Crippen LogP contribution in [0.2, 0.25) is 0 Å². The quantitative estimate of drug-likeness (QED) is 0.777. The number of hydrogen-bond acceptors (Lipinski definition) is 4. The minimum absolute atomic E-state index is 0.779. The fourth-order valence-corrected chi connectivity index (χ4v) is 1.56. The second-order valence-electron chi connectivity index (χ2n) is 3.76. The molecule has 5 heteroatoms. The first kappa shape index (κ1) is 10.9. The molecular formula is C11H16N4O. The van der Waals surface area contributed by atoms with Crippen LogP contribution >= 0.6 is 0 Å². The lowest BCUT2D eigenvalue weighted by Crippen LogP contribution is -2.13. The van der Waals surface area contributed by atoms with Gasteiger partial charge < -0.3 is 9.84 Å². The number of nitrogens with zero attached hydrogens (tertiary/aromatic N) is 3. The number of aromatic nitrogens is 3. The van der Waals surface area contributed by atoms with Crippen molar-refractivity contribution in [3.05, 3.63) is 24.2 Å². The van der Waals surface area contributed by atoms with Gasteiger partial charge >= 0.3 is 0 Å². The molecule has 2 rings (SSSR count). The molecule has 5 nitrogen and oxygen atoms in total. The zero-order chi connectivity index (χ0) is 11.4. The van der Waals surface area contributed by atoms with Crippen LogP contribution in [0.5, 0.6) is 0 Å².